The number of hydrogen-bond donors (Lipinski definition) is 6. The molecule has 0 saturated heterocycles. The van der Waals surface area contributed by atoms with Gasteiger partial charge in [-0.1, -0.05) is 13.8 Å². The summed E-state index contributed by atoms with van der Waals surface area (Å²) in [4.78, 5) is 36.9. The van der Waals surface area contributed by atoms with E-state index in [1.165, 1.54) is 24.3 Å². The molecule has 242 valence electrons. The molecule has 0 spiro atoms. The van der Waals surface area contributed by atoms with Crippen LogP contribution >= 0.6 is 0 Å². The average Bonchev–Trinajstić information content (AvgIpc) is 2.91. The van der Waals surface area contributed by atoms with Gasteiger partial charge < -0.3 is 16.0 Å². The normalized spacial score (nSPS) is 12.2. The molecule has 3 rings (SSSR count). The molecule has 0 saturated carbocycles. The number of anilines is 3. The average molecular weight is 681 g/mol. The maximum atomic E-state index is 13.1. The summed E-state index contributed by atoms with van der Waals surface area (Å²) >= 11 is 0. The number of amides is 2. The molecule has 45 heavy (non-hydrogen) atoms. The van der Waals surface area contributed by atoms with Gasteiger partial charge in [0.1, 0.15) is 14.7 Å². The van der Waals surface area contributed by atoms with Crippen molar-refractivity contribution in [3.8, 4) is 0 Å². The maximum Gasteiger partial charge on any atom is 0.255 e. The van der Waals surface area contributed by atoms with Gasteiger partial charge in [-0.3, -0.25) is 14.4 Å². The maximum absolute atomic E-state index is 13.1. The molecule has 3 aromatic rings. The van der Waals surface area contributed by atoms with Crippen molar-refractivity contribution >= 4 is 64.7 Å². The Bertz CT molecular complexity index is 2030. The van der Waals surface area contributed by atoms with E-state index in [0.717, 1.165) is 30.3 Å². The van der Waals surface area contributed by atoms with Crippen molar-refractivity contribution in [1.29, 1.82) is 0 Å². The van der Waals surface area contributed by atoms with Crippen molar-refractivity contribution in [2.24, 2.45) is 21.3 Å². The van der Waals surface area contributed by atoms with E-state index in [0.29, 0.717) is 0 Å². The zero-order valence-corrected chi connectivity index (χ0v) is 26.9. The predicted octanol–water partition coefficient (Wildman–Crippen LogP) is 1.79. The van der Waals surface area contributed by atoms with Crippen LogP contribution in [0.5, 0.6) is 0 Å². The number of hydrogen-bond acceptors (Lipinski definition) is 10. The highest BCUT2D eigenvalue weighted by atomic mass is 32.2. The Kier molecular flexibility index (Phi) is 10.2. The summed E-state index contributed by atoms with van der Waals surface area (Å²) in [5, 5.41) is 23.5. The first-order chi connectivity index (χ1) is 20.6. The van der Waals surface area contributed by atoms with Gasteiger partial charge in [0.05, 0.1) is 17.1 Å². The van der Waals surface area contributed by atoms with Crippen LogP contribution in [0.2, 0.25) is 0 Å². The van der Waals surface area contributed by atoms with Gasteiger partial charge in [-0.15, -0.1) is 0 Å². The molecule has 0 aliphatic rings. The monoisotopic (exact) mass is 680 g/mol. The number of carbonyl (C=O) groups excluding carboxylic acids is 3. The number of carbonyl (C=O) groups is 3. The third kappa shape index (κ3) is 8.71. The van der Waals surface area contributed by atoms with Crippen molar-refractivity contribution < 1.29 is 39.6 Å². The van der Waals surface area contributed by atoms with Crippen molar-refractivity contribution in [2.45, 2.75) is 48.4 Å². The van der Waals surface area contributed by atoms with Gasteiger partial charge in [0.15, 0.2) is 5.78 Å². The lowest BCUT2D eigenvalue weighted by molar-refractivity contribution is 0.0938. The molecule has 0 bridgehead atoms. The van der Waals surface area contributed by atoms with Crippen LogP contribution in [0, 0.1) is 5.92 Å². The molecule has 9 N–H and O–H groups in total. The Hall–Kier alpha value is -4.20. The highest BCUT2D eigenvalue weighted by molar-refractivity contribution is 7.89. The van der Waals surface area contributed by atoms with Gasteiger partial charge in [0, 0.05) is 28.7 Å². The van der Waals surface area contributed by atoms with E-state index >= 15 is 0 Å². The SMILES string of the molecule is CC(C)Nc1ccc(C(=O)Nc2ccc(C(=O)Nc3ccc(C(=O)C(C)C)cc3S(N)(=O)=O)cc2S(N)(=O)=O)cc1S(N)(=O)=O. The van der Waals surface area contributed by atoms with Crippen molar-refractivity contribution in [2.75, 3.05) is 16.0 Å². The van der Waals surface area contributed by atoms with Crippen LogP contribution in [-0.4, -0.2) is 48.9 Å². The molecular weight excluding hydrogens is 649 g/mol. The van der Waals surface area contributed by atoms with E-state index in [4.69, 9.17) is 15.4 Å². The van der Waals surface area contributed by atoms with Gasteiger partial charge in [0.2, 0.25) is 30.1 Å². The molecule has 0 atom stereocenters. The van der Waals surface area contributed by atoms with E-state index in [1.807, 2.05) is 0 Å². The van der Waals surface area contributed by atoms with E-state index in [-0.39, 0.29) is 50.5 Å². The Labute approximate surface area is 260 Å². The predicted molar refractivity (Wildman–Crippen MR) is 167 cm³/mol. The first-order valence-corrected chi connectivity index (χ1v) is 17.7. The van der Waals surface area contributed by atoms with Crippen LogP contribution in [0.25, 0.3) is 0 Å². The van der Waals surface area contributed by atoms with Crippen LogP contribution < -0.4 is 31.4 Å². The molecule has 18 heteroatoms. The number of primary sulfonamides is 3. The summed E-state index contributed by atoms with van der Waals surface area (Å²) in [7, 11) is -13.3. The number of nitrogens with one attached hydrogen (secondary N) is 3. The van der Waals surface area contributed by atoms with Gasteiger partial charge in [-0.05, 0) is 68.4 Å². The Morgan fingerprint density at radius 1 is 0.556 bits per heavy atom. The largest absolute Gasteiger partial charge is 0.382 e. The van der Waals surface area contributed by atoms with E-state index in [1.54, 1.807) is 27.7 Å². The fourth-order valence-corrected chi connectivity index (χ4v) is 6.23. The summed E-state index contributed by atoms with van der Waals surface area (Å²) in [6, 6.07) is 9.97. The summed E-state index contributed by atoms with van der Waals surface area (Å²) in [5.74, 6) is -2.72. The van der Waals surface area contributed by atoms with Crippen LogP contribution in [0.15, 0.2) is 69.3 Å². The lowest BCUT2D eigenvalue weighted by Gasteiger charge is -2.16. The third-order valence-corrected chi connectivity index (χ3v) is 8.99. The van der Waals surface area contributed by atoms with Crippen molar-refractivity contribution in [1.82, 2.24) is 0 Å². The number of rotatable bonds is 11. The second kappa shape index (κ2) is 13.0. The second-order valence-corrected chi connectivity index (χ2v) is 15.1. The molecule has 0 aliphatic carbocycles. The van der Waals surface area contributed by atoms with Gasteiger partial charge in [-0.2, -0.15) is 0 Å². The summed E-state index contributed by atoms with van der Waals surface area (Å²) < 4.78 is 73.7. The number of ketones is 1. The second-order valence-electron chi connectivity index (χ2n) is 10.5. The molecule has 0 radical (unpaired) electrons. The zero-order valence-electron chi connectivity index (χ0n) is 24.5. The Morgan fingerprint density at radius 3 is 1.24 bits per heavy atom. The quantitative estimate of drug-likeness (QED) is 0.160. The molecule has 3 aromatic carbocycles. The number of sulfonamides is 3. The van der Waals surface area contributed by atoms with Crippen LogP contribution in [-0.2, 0) is 30.1 Å². The van der Waals surface area contributed by atoms with Crippen LogP contribution in [0.3, 0.4) is 0 Å². The van der Waals surface area contributed by atoms with Gasteiger partial charge >= 0.3 is 0 Å². The molecule has 15 nitrogen and oxygen atoms in total. The molecule has 0 aromatic heterocycles. The molecule has 2 amide bonds. The zero-order chi connectivity index (χ0) is 34.1. The fourth-order valence-electron chi connectivity index (χ4n) is 4.07. The first-order valence-electron chi connectivity index (χ1n) is 13.0. The number of benzene rings is 3. The van der Waals surface area contributed by atoms with Crippen molar-refractivity contribution in [3.63, 3.8) is 0 Å². The molecule has 0 heterocycles. The standard InChI is InChI=1S/C27H32N6O9S3/c1-14(2)25(34)16-5-8-20(22(11-16)43(28,37)38)32-27(36)18-7-10-21(24(13-18)45(30,41)42)33-26(35)17-6-9-19(31-15(3)4)23(12-17)44(29,39)40/h5-15,31H,1-4H3,(H,32,36)(H,33,35)(H2,28,37,38)(H2,29,39,40)(H2,30,41,42). The number of nitrogens with two attached hydrogens (primary N) is 3. The minimum absolute atomic E-state index is 0.0469. The molecule has 0 fully saturated rings. The topological polar surface area (TPSA) is 268 Å². The van der Waals surface area contributed by atoms with Crippen LogP contribution in [0.4, 0.5) is 17.1 Å². The summed E-state index contributed by atoms with van der Waals surface area (Å²) in [5.41, 5.74) is -0.923. The Morgan fingerprint density at radius 2 is 0.889 bits per heavy atom. The van der Waals surface area contributed by atoms with E-state index in [2.05, 4.69) is 16.0 Å². The van der Waals surface area contributed by atoms with Gasteiger partial charge in [0.25, 0.3) is 11.8 Å². The first kappa shape index (κ1) is 35.3. The molecular formula is C27H32N6O9S3. The molecule has 0 aliphatic heterocycles. The summed E-state index contributed by atoms with van der Waals surface area (Å²) in [6.45, 7) is 6.76. The highest BCUT2D eigenvalue weighted by Gasteiger charge is 2.24. The summed E-state index contributed by atoms with van der Waals surface area (Å²) in [6.07, 6.45) is 0. The lowest BCUT2D eigenvalue weighted by Crippen LogP contribution is -2.22. The third-order valence-electron chi connectivity index (χ3n) is 6.14. The number of Topliss-reactive ketones (excluding diaryl/α,β-unsaturated/α-hetero) is 1. The highest BCUT2D eigenvalue weighted by Crippen LogP contribution is 2.28. The lowest BCUT2D eigenvalue weighted by atomic mass is 10.0. The molecule has 0 unspecified atom stereocenters. The van der Waals surface area contributed by atoms with Gasteiger partial charge in [-0.25, -0.2) is 40.7 Å². The van der Waals surface area contributed by atoms with E-state index in [9.17, 15) is 39.6 Å². The van der Waals surface area contributed by atoms with Crippen LogP contribution in [0.1, 0.15) is 58.8 Å². The minimum atomic E-state index is -4.57. The fraction of sp³-hybridized carbons (Fsp3) is 0.222. The van der Waals surface area contributed by atoms with Crippen molar-refractivity contribution in [3.05, 3.63) is 71.3 Å². The van der Waals surface area contributed by atoms with E-state index < -0.39 is 57.6 Å². The smallest absolute Gasteiger partial charge is 0.255 e. The Balaban J connectivity index is 1.99. The minimum Gasteiger partial charge on any atom is -0.382 e.